The minimum atomic E-state index is -2.93. The maximum Gasteiger partial charge on any atom is 0.361 e. The highest BCUT2D eigenvalue weighted by Gasteiger charge is 2.27. The van der Waals surface area contributed by atoms with Crippen molar-refractivity contribution < 1.29 is 23.1 Å². The molecule has 1 rings (SSSR count). The predicted molar refractivity (Wildman–Crippen MR) is 64.2 cm³/mol. The summed E-state index contributed by atoms with van der Waals surface area (Å²) in [5, 5.41) is 6.90. The Balaban J connectivity index is 2.92. The van der Waals surface area contributed by atoms with Crippen molar-refractivity contribution in [1.82, 2.24) is 19.9 Å². The van der Waals surface area contributed by atoms with Crippen LogP contribution >= 0.6 is 0 Å². The molecular weight excluding hydrogens is 274 g/mol. The Morgan fingerprint density at radius 3 is 2.55 bits per heavy atom. The van der Waals surface area contributed by atoms with Crippen molar-refractivity contribution in [3.63, 3.8) is 0 Å². The zero-order valence-corrected chi connectivity index (χ0v) is 11.5. The Kier molecular flexibility index (Phi) is 5.53. The van der Waals surface area contributed by atoms with Crippen LogP contribution < -0.4 is 0 Å². The zero-order valence-electron chi connectivity index (χ0n) is 11.5. The van der Waals surface area contributed by atoms with E-state index in [2.05, 4.69) is 15.0 Å². The first kappa shape index (κ1) is 16.0. The monoisotopic (exact) mass is 290 g/mol. The highest BCUT2D eigenvalue weighted by Crippen LogP contribution is 2.22. The lowest BCUT2D eigenvalue weighted by Crippen LogP contribution is -2.23. The van der Waals surface area contributed by atoms with Crippen LogP contribution in [-0.2, 0) is 16.1 Å². The number of alkyl halides is 2. The van der Waals surface area contributed by atoms with Gasteiger partial charge in [-0.2, -0.15) is 0 Å². The molecule has 0 N–H and O–H groups in total. The van der Waals surface area contributed by atoms with Crippen LogP contribution in [0.3, 0.4) is 0 Å². The standard InChI is InChI=1S/C11H16F2N4O3/c1-4-20-11(19)8-9(10(12)13)17(15-14-8)6-5-7(18)16(2)3/h10H,4-6H2,1-3H3. The van der Waals surface area contributed by atoms with Gasteiger partial charge in [-0.3, -0.25) is 4.79 Å². The second kappa shape index (κ2) is 6.92. The molecule has 7 nitrogen and oxygen atoms in total. The summed E-state index contributed by atoms with van der Waals surface area (Å²) in [6.45, 7) is 1.52. The quantitative estimate of drug-likeness (QED) is 0.726. The number of halogens is 2. The number of rotatable bonds is 6. The Labute approximate surface area is 114 Å². The number of hydrogen-bond acceptors (Lipinski definition) is 5. The van der Waals surface area contributed by atoms with E-state index in [1.807, 2.05) is 0 Å². The fraction of sp³-hybridized carbons (Fsp3) is 0.636. The normalized spacial score (nSPS) is 10.7. The number of nitrogens with zero attached hydrogens (tertiary/aromatic N) is 4. The van der Waals surface area contributed by atoms with E-state index in [9.17, 15) is 18.4 Å². The van der Waals surface area contributed by atoms with Gasteiger partial charge in [0.2, 0.25) is 5.91 Å². The molecule has 0 aliphatic rings. The molecule has 1 aromatic heterocycles. The number of amides is 1. The maximum absolute atomic E-state index is 13.0. The van der Waals surface area contributed by atoms with Gasteiger partial charge in [0, 0.05) is 20.5 Å². The molecule has 112 valence electrons. The third-order valence-corrected chi connectivity index (χ3v) is 2.49. The maximum atomic E-state index is 13.0. The summed E-state index contributed by atoms with van der Waals surface area (Å²) in [7, 11) is 3.11. The van der Waals surface area contributed by atoms with Crippen LogP contribution in [0.25, 0.3) is 0 Å². The minimum absolute atomic E-state index is 0.0155. The minimum Gasteiger partial charge on any atom is -0.461 e. The summed E-state index contributed by atoms with van der Waals surface area (Å²) in [4.78, 5) is 24.2. The molecule has 0 saturated carbocycles. The summed E-state index contributed by atoms with van der Waals surface area (Å²) in [6, 6.07) is 0. The van der Waals surface area contributed by atoms with Gasteiger partial charge in [-0.25, -0.2) is 18.3 Å². The van der Waals surface area contributed by atoms with Gasteiger partial charge < -0.3 is 9.64 Å². The molecular formula is C11H16F2N4O3. The summed E-state index contributed by atoms with van der Waals surface area (Å²) in [5.41, 5.74) is -1.14. The summed E-state index contributed by atoms with van der Waals surface area (Å²) in [5.74, 6) is -1.19. The molecule has 0 radical (unpaired) electrons. The SMILES string of the molecule is CCOC(=O)c1nnn(CCC(=O)N(C)C)c1C(F)F. The summed E-state index contributed by atoms with van der Waals surface area (Å²) in [6.07, 6.45) is -2.95. The van der Waals surface area contributed by atoms with Crippen molar-refractivity contribution in [1.29, 1.82) is 0 Å². The van der Waals surface area contributed by atoms with E-state index in [-0.39, 0.29) is 25.5 Å². The van der Waals surface area contributed by atoms with Crippen molar-refractivity contribution in [3.05, 3.63) is 11.4 Å². The van der Waals surface area contributed by atoms with Gasteiger partial charge in [0.1, 0.15) is 5.69 Å². The molecule has 0 fully saturated rings. The van der Waals surface area contributed by atoms with E-state index in [0.717, 1.165) is 4.68 Å². The van der Waals surface area contributed by atoms with Gasteiger partial charge in [-0.15, -0.1) is 5.10 Å². The molecule has 1 amide bonds. The molecule has 1 heterocycles. The number of aromatic nitrogens is 3. The van der Waals surface area contributed by atoms with E-state index in [1.165, 1.54) is 4.90 Å². The van der Waals surface area contributed by atoms with Crippen LogP contribution in [0, 0.1) is 0 Å². The van der Waals surface area contributed by atoms with Gasteiger partial charge >= 0.3 is 5.97 Å². The number of hydrogen-bond donors (Lipinski definition) is 0. The average Bonchev–Trinajstić information content (AvgIpc) is 2.79. The lowest BCUT2D eigenvalue weighted by Gasteiger charge is -2.11. The predicted octanol–water partition coefficient (Wildman–Crippen LogP) is 0.871. The molecule has 0 aromatic carbocycles. The lowest BCUT2D eigenvalue weighted by atomic mass is 10.3. The van der Waals surface area contributed by atoms with Gasteiger partial charge in [-0.05, 0) is 6.92 Å². The van der Waals surface area contributed by atoms with E-state index in [4.69, 9.17) is 0 Å². The van der Waals surface area contributed by atoms with Gasteiger partial charge in [0.05, 0.1) is 13.2 Å². The van der Waals surface area contributed by atoms with Crippen molar-refractivity contribution >= 4 is 11.9 Å². The zero-order chi connectivity index (χ0) is 15.3. The van der Waals surface area contributed by atoms with Crippen molar-refractivity contribution in [2.75, 3.05) is 20.7 Å². The summed E-state index contributed by atoms with van der Waals surface area (Å²) < 4.78 is 31.5. The van der Waals surface area contributed by atoms with E-state index in [1.54, 1.807) is 21.0 Å². The molecule has 0 spiro atoms. The van der Waals surface area contributed by atoms with Crippen molar-refractivity contribution in [2.45, 2.75) is 26.3 Å². The third-order valence-electron chi connectivity index (χ3n) is 2.49. The Morgan fingerprint density at radius 2 is 2.05 bits per heavy atom. The molecule has 0 unspecified atom stereocenters. The summed E-state index contributed by atoms with van der Waals surface area (Å²) >= 11 is 0. The first-order chi connectivity index (χ1) is 9.38. The Bertz CT molecular complexity index is 488. The third kappa shape index (κ3) is 3.72. The number of carbonyl (C=O) groups is 2. The van der Waals surface area contributed by atoms with E-state index in [0.29, 0.717) is 0 Å². The average molecular weight is 290 g/mol. The Morgan fingerprint density at radius 1 is 1.40 bits per heavy atom. The second-order valence-corrected chi connectivity index (χ2v) is 4.11. The molecule has 0 bridgehead atoms. The first-order valence-electron chi connectivity index (χ1n) is 5.97. The molecule has 0 saturated heterocycles. The van der Waals surface area contributed by atoms with Gasteiger partial charge in [0.15, 0.2) is 5.69 Å². The molecule has 0 aliphatic carbocycles. The fourth-order valence-corrected chi connectivity index (χ4v) is 1.47. The second-order valence-electron chi connectivity index (χ2n) is 4.11. The molecule has 9 heteroatoms. The topological polar surface area (TPSA) is 77.3 Å². The van der Waals surface area contributed by atoms with Crippen LogP contribution in [0.5, 0.6) is 0 Å². The molecule has 0 aliphatic heterocycles. The van der Waals surface area contributed by atoms with Crippen molar-refractivity contribution in [3.8, 4) is 0 Å². The number of ether oxygens (including phenoxy) is 1. The highest BCUT2D eigenvalue weighted by atomic mass is 19.3. The van der Waals surface area contributed by atoms with E-state index < -0.39 is 23.8 Å². The van der Waals surface area contributed by atoms with Crippen LogP contribution in [-0.4, -0.2) is 52.5 Å². The first-order valence-corrected chi connectivity index (χ1v) is 5.97. The Hall–Kier alpha value is -2.06. The van der Waals surface area contributed by atoms with Gasteiger partial charge in [0.25, 0.3) is 6.43 Å². The van der Waals surface area contributed by atoms with Gasteiger partial charge in [-0.1, -0.05) is 5.21 Å². The number of esters is 1. The van der Waals surface area contributed by atoms with Crippen LogP contribution in [0.4, 0.5) is 8.78 Å². The highest BCUT2D eigenvalue weighted by molar-refractivity contribution is 5.88. The lowest BCUT2D eigenvalue weighted by molar-refractivity contribution is -0.129. The van der Waals surface area contributed by atoms with Crippen LogP contribution in [0.2, 0.25) is 0 Å². The molecule has 20 heavy (non-hydrogen) atoms. The number of carbonyl (C=O) groups excluding carboxylic acids is 2. The van der Waals surface area contributed by atoms with E-state index >= 15 is 0 Å². The number of aryl methyl sites for hydroxylation is 1. The molecule has 1 aromatic rings. The van der Waals surface area contributed by atoms with Crippen molar-refractivity contribution in [2.24, 2.45) is 0 Å². The van der Waals surface area contributed by atoms with Crippen LogP contribution in [0.1, 0.15) is 36.0 Å². The fourth-order valence-electron chi connectivity index (χ4n) is 1.47. The molecule has 0 atom stereocenters. The largest absolute Gasteiger partial charge is 0.461 e. The smallest absolute Gasteiger partial charge is 0.361 e. The van der Waals surface area contributed by atoms with Crippen LogP contribution in [0.15, 0.2) is 0 Å².